The second kappa shape index (κ2) is 10.6. The highest BCUT2D eigenvalue weighted by Gasteiger charge is 2.25. The van der Waals surface area contributed by atoms with Gasteiger partial charge in [0, 0.05) is 18.7 Å². The van der Waals surface area contributed by atoms with Gasteiger partial charge in [-0.2, -0.15) is 4.31 Å². The van der Waals surface area contributed by atoms with Crippen LogP contribution >= 0.6 is 0 Å². The van der Waals surface area contributed by atoms with E-state index in [-0.39, 0.29) is 23.5 Å². The van der Waals surface area contributed by atoms with Gasteiger partial charge in [-0.15, -0.1) is 0 Å². The third-order valence-corrected chi connectivity index (χ3v) is 7.29. The molecule has 168 valence electrons. The summed E-state index contributed by atoms with van der Waals surface area (Å²) in [7, 11) is -1.91. The van der Waals surface area contributed by atoms with E-state index in [4.69, 9.17) is 9.47 Å². The SMILES string of the molecule is COc1ccccc1C(C)NC(=O)COc1ccc(S(=O)(=O)N2CCCCCC2)cc1. The zero-order valence-electron chi connectivity index (χ0n) is 18.0. The Morgan fingerprint density at radius 1 is 1.03 bits per heavy atom. The van der Waals surface area contributed by atoms with Crippen LogP contribution in [0.3, 0.4) is 0 Å². The van der Waals surface area contributed by atoms with E-state index in [1.54, 1.807) is 23.5 Å². The molecule has 0 radical (unpaired) electrons. The van der Waals surface area contributed by atoms with Gasteiger partial charge in [-0.3, -0.25) is 4.79 Å². The molecule has 1 unspecified atom stereocenters. The predicted octanol–water partition coefficient (Wildman–Crippen LogP) is 3.52. The van der Waals surface area contributed by atoms with E-state index in [9.17, 15) is 13.2 Å². The molecule has 2 aromatic carbocycles. The Morgan fingerprint density at radius 3 is 2.32 bits per heavy atom. The van der Waals surface area contributed by atoms with Crippen LogP contribution in [0, 0.1) is 0 Å². The number of carbonyl (C=O) groups excluding carboxylic acids is 1. The van der Waals surface area contributed by atoms with E-state index in [0.717, 1.165) is 31.2 Å². The van der Waals surface area contributed by atoms with E-state index in [0.29, 0.717) is 24.6 Å². The van der Waals surface area contributed by atoms with Crippen molar-refractivity contribution in [1.29, 1.82) is 0 Å². The van der Waals surface area contributed by atoms with Gasteiger partial charge >= 0.3 is 0 Å². The minimum atomic E-state index is -3.50. The number of hydrogen-bond acceptors (Lipinski definition) is 5. The summed E-state index contributed by atoms with van der Waals surface area (Å²) >= 11 is 0. The van der Waals surface area contributed by atoms with Crippen molar-refractivity contribution in [3.05, 3.63) is 54.1 Å². The second-order valence-electron chi connectivity index (χ2n) is 7.61. The monoisotopic (exact) mass is 446 g/mol. The van der Waals surface area contributed by atoms with Crippen LogP contribution in [0.4, 0.5) is 0 Å². The van der Waals surface area contributed by atoms with Gasteiger partial charge in [0.05, 0.1) is 18.0 Å². The highest BCUT2D eigenvalue weighted by molar-refractivity contribution is 7.89. The molecule has 0 bridgehead atoms. The van der Waals surface area contributed by atoms with Gasteiger partial charge in [-0.25, -0.2) is 8.42 Å². The average molecular weight is 447 g/mol. The zero-order valence-corrected chi connectivity index (χ0v) is 18.9. The van der Waals surface area contributed by atoms with Gasteiger partial charge in [0.15, 0.2) is 6.61 Å². The van der Waals surface area contributed by atoms with Crippen LogP contribution < -0.4 is 14.8 Å². The van der Waals surface area contributed by atoms with Gasteiger partial charge in [0.25, 0.3) is 5.91 Å². The van der Waals surface area contributed by atoms with E-state index in [1.807, 2.05) is 31.2 Å². The van der Waals surface area contributed by atoms with Crippen LogP contribution in [0.1, 0.15) is 44.2 Å². The van der Waals surface area contributed by atoms with Crippen LogP contribution in [-0.2, 0) is 14.8 Å². The lowest BCUT2D eigenvalue weighted by Crippen LogP contribution is -2.32. The average Bonchev–Trinajstić information content (AvgIpc) is 3.08. The van der Waals surface area contributed by atoms with E-state index in [1.165, 1.54) is 12.1 Å². The van der Waals surface area contributed by atoms with Crippen LogP contribution in [-0.4, -0.2) is 45.4 Å². The molecule has 1 fully saturated rings. The van der Waals surface area contributed by atoms with Crippen molar-refractivity contribution >= 4 is 15.9 Å². The second-order valence-corrected chi connectivity index (χ2v) is 9.55. The minimum absolute atomic E-state index is 0.169. The van der Waals surface area contributed by atoms with Crippen LogP contribution in [0.2, 0.25) is 0 Å². The summed E-state index contributed by atoms with van der Waals surface area (Å²) in [5, 5.41) is 2.88. The molecular weight excluding hydrogens is 416 g/mol. The molecular formula is C23H30N2O5S. The largest absolute Gasteiger partial charge is 0.496 e. The van der Waals surface area contributed by atoms with Gasteiger partial charge in [-0.1, -0.05) is 31.0 Å². The van der Waals surface area contributed by atoms with Gasteiger partial charge < -0.3 is 14.8 Å². The molecule has 0 aromatic heterocycles. The molecule has 3 rings (SSSR count). The normalized spacial score (nSPS) is 16.2. The Hall–Kier alpha value is -2.58. The quantitative estimate of drug-likeness (QED) is 0.671. The van der Waals surface area contributed by atoms with E-state index in [2.05, 4.69) is 5.32 Å². The Kier molecular flexibility index (Phi) is 7.92. The summed E-state index contributed by atoms with van der Waals surface area (Å²) in [6.45, 7) is 2.83. The van der Waals surface area contributed by atoms with Crippen LogP contribution in [0.5, 0.6) is 11.5 Å². The molecule has 0 saturated carbocycles. The van der Waals surface area contributed by atoms with Gasteiger partial charge in [0.2, 0.25) is 10.0 Å². The number of nitrogens with zero attached hydrogens (tertiary/aromatic N) is 1. The molecule has 7 nitrogen and oxygen atoms in total. The lowest BCUT2D eigenvalue weighted by molar-refractivity contribution is -0.123. The highest BCUT2D eigenvalue weighted by atomic mass is 32.2. The maximum Gasteiger partial charge on any atom is 0.258 e. The minimum Gasteiger partial charge on any atom is -0.496 e. The summed E-state index contributed by atoms with van der Waals surface area (Å²) in [4.78, 5) is 12.5. The topological polar surface area (TPSA) is 84.9 Å². The van der Waals surface area contributed by atoms with Crippen molar-refractivity contribution in [2.45, 2.75) is 43.5 Å². The number of benzene rings is 2. The first kappa shape index (κ1) is 23.1. The molecule has 0 aliphatic carbocycles. The Morgan fingerprint density at radius 2 is 1.68 bits per heavy atom. The number of carbonyl (C=O) groups is 1. The summed E-state index contributed by atoms with van der Waals surface area (Å²) in [5.41, 5.74) is 0.876. The number of amides is 1. The molecule has 8 heteroatoms. The fraction of sp³-hybridized carbons (Fsp3) is 0.435. The van der Waals surface area contributed by atoms with E-state index >= 15 is 0 Å². The first-order chi connectivity index (χ1) is 14.9. The number of para-hydroxylation sites is 1. The lowest BCUT2D eigenvalue weighted by Gasteiger charge is -2.20. The fourth-order valence-electron chi connectivity index (χ4n) is 3.67. The molecule has 1 amide bonds. The maximum absolute atomic E-state index is 12.8. The number of sulfonamides is 1. The molecule has 1 aliphatic heterocycles. The third kappa shape index (κ3) is 5.98. The number of hydrogen-bond donors (Lipinski definition) is 1. The van der Waals surface area contributed by atoms with E-state index < -0.39 is 10.0 Å². The molecule has 1 atom stereocenters. The molecule has 1 N–H and O–H groups in total. The Balaban J connectivity index is 1.55. The first-order valence-electron chi connectivity index (χ1n) is 10.6. The number of nitrogens with one attached hydrogen (secondary N) is 1. The van der Waals surface area contributed by atoms with Gasteiger partial charge in [0.1, 0.15) is 11.5 Å². The lowest BCUT2D eigenvalue weighted by atomic mass is 10.1. The molecule has 0 spiro atoms. The van der Waals surface area contributed by atoms with Crippen molar-refractivity contribution in [2.24, 2.45) is 0 Å². The zero-order chi connectivity index (χ0) is 22.3. The third-order valence-electron chi connectivity index (χ3n) is 5.38. The number of methoxy groups -OCH3 is 1. The standard InChI is InChI=1S/C23H30N2O5S/c1-18(21-9-5-6-10-22(21)29-2)24-23(26)17-30-19-11-13-20(14-12-19)31(27,28)25-15-7-3-4-8-16-25/h5-6,9-14,18H,3-4,7-8,15-17H2,1-2H3,(H,24,26). The molecule has 2 aromatic rings. The molecule has 1 saturated heterocycles. The van der Waals surface area contributed by atoms with Gasteiger partial charge in [-0.05, 0) is 50.1 Å². The van der Waals surface area contributed by atoms with Crippen LogP contribution in [0.25, 0.3) is 0 Å². The Bertz CT molecular complexity index is 968. The first-order valence-corrected chi connectivity index (χ1v) is 12.0. The Labute approximate surface area is 184 Å². The maximum atomic E-state index is 12.8. The fourth-order valence-corrected chi connectivity index (χ4v) is 5.19. The highest BCUT2D eigenvalue weighted by Crippen LogP contribution is 2.25. The molecule has 31 heavy (non-hydrogen) atoms. The van der Waals surface area contributed by atoms with Crippen molar-refractivity contribution in [3.8, 4) is 11.5 Å². The molecule has 1 heterocycles. The van der Waals surface area contributed by atoms with Crippen molar-refractivity contribution in [1.82, 2.24) is 9.62 Å². The smallest absolute Gasteiger partial charge is 0.258 e. The summed E-state index contributed by atoms with van der Waals surface area (Å²) in [6.07, 6.45) is 3.92. The predicted molar refractivity (Wildman–Crippen MR) is 119 cm³/mol. The number of rotatable bonds is 8. The summed E-state index contributed by atoms with van der Waals surface area (Å²) in [6, 6.07) is 13.5. The molecule has 1 aliphatic rings. The van der Waals surface area contributed by atoms with Crippen molar-refractivity contribution in [3.63, 3.8) is 0 Å². The summed E-state index contributed by atoms with van der Waals surface area (Å²) < 4.78 is 38.1. The summed E-state index contributed by atoms with van der Waals surface area (Å²) in [5.74, 6) is 0.868. The van der Waals surface area contributed by atoms with Crippen LogP contribution in [0.15, 0.2) is 53.4 Å². The number of ether oxygens (including phenoxy) is 2. The van der Waals surface area contributed by atoms with Crippen molar-refractivity contribution < 1.29 is 22.7 Å². The van der Waals surface area contributed by atoms with Crippen molar-refractivity contribution in [2.75, 3.05) is 26.8 Å².